The lowest BCUT2D eigenvalue weighted by Gasteiger charge is -2.03. The van der Waals surface area contributed by atoms with E-state index in [0.717, 1.165) is 9.71 Å². The van der Waals surface area contributed by atoms with Crippen LogP contribution in [0.15, 0.2) is 12.3 Å². The largest absolute Gasteiger partial charge is 0.506 e. The number of aromatic hydroxyl groups is 1. The van der Waals surface area contributed by atoms with Crippen molar-refractivity contribution in [2.45, 2.75) is 13.8 Å². The molecule has 0 aliphatic heterocycles. The van der Waals surface area contributed by atoms with Crippen LogP contribution in [0, 0.1) is 6.92 Å². The minimum absolute atomic E-state index is 0.0483. The summed E-state index contributed by atoms with van der Waals surface area (Å²) in [6, 6.07) is 1.81. The minimum Gasteiger partial charge on any atom is -0.506 e. The van der Waals surface area contributed by atoms with Crippen molar-refractivity contribution in [3.63, 3.8) is 0 Å². The van der Waals surface area contributed by atoms with E-state index in [9.17, 15) is 9.90 Å². The molecule has 84 valence electrons. The average Bonchev–Trinajstić information content (AvgIpc) is 2.60. The van der Waals surface area contributed by atoms with Gasteiger partial charge in [-0.3, -0.25) is 0 Å². The first kappa shape index (κ1) is 10.9. The third-order valence-corrected chi connectivity index (χ3v) is 3.11. The first-order valence-electron chi connectivity index (χ1n) is 4.88. The molecule has 0 saturated heterocycles. The van der Waals surface area contributed by atoms with E-state index in [0.29, 0.717) is 5.39 Å². The monoisotopic (exact) mass is 237 g/mol. The van der Waals surface area contributed by atoms with Gasteiger partial charge in [0.1, 0.15) is 16.1 Å². The Hall–Kier alpha value is -1.62. The van der Waals surface area contributed by atoms with Gasteiger partial charge in [0.05, 0.1) is 12.0 Å². The third kappa shape index (κ3) is 1.74. The molecule has 0 amide bonds. The lowest BCUT2D eigenvalue weighted by molar-refractivity contribution is 0.0523. The van der Waals surface area contributed by atoms with Crippen LogP contribution in [0.5, 0.6) is 5.75 Å². The second-order valence-corrected chi connectivity index (χ2v) is 4.55. The van der Waals surface area contributed by atoms with Gasteiger partial charge >= 0.3 is 5.97 Å². The summed E-state index contributed by atoms with van der Waals surface area (Å²) in [6.07, 6.45) is 1.35. The number of thiophene rings is 1. The van der Waals surface area contributed by atoms with Crippen LogP contribution >= 0.6 is 11.3 Å². The van der Waals surface area contributed by atoms with Crippen molar-refractivity contribution in [2.75, 3.05) is 6.61 Å². The van der Waals surface area contributed by atoms with Crippen LogP contribution in [-0.4, -0.2) is 22.7 Å². The number of rotatable bonds is 2. The van der Waals surface area contributed by atoms with E-state index in [1.54, 1.807) is 6.92 Å². The van der Waals surface area contributed by atoms with Gasteiger partial charge in [-0.1, -0.05) is 0 Å². The molecule has 16 heavy (non-hydrogen) atoms. The van der Waals surface area contributed by atoms with E-state index in [-0.39, 0.29) is 17.9 Å². The summed E-state index contributed by atoms with van der Waals surface area (Å²) >= 11 is 1.48. The second-order valence-electron chi connectivity index (χ2n) is 3.32. The number of esters is 1. The lowest BCUT2D eigenvalue weighted by Crippen LogP contribution is -2.05. The fraction of sp³-hybridized carbons (Fsp3) is 0.273. The molecule has 0 aliphatic carbocycles. The van der Waals surface area contributed by atoms with E-state index in [2.05, 4.69) is 4.98 Å². The molecule has 0 atom stereocenters. The smallest absolute Gasteiger partial charge is 0.343 e. The van der Waals surface area contributed by atoms with Crippen molar-refractivity contribution in [3.8, 4) is 5.75 Å². The number of nitrogens with zero attached hydrogens (tertiary/aromatic N) is 1. The molecule has 2 aromatic heterocycles. The molecule has 2 aromatic rings. The Morgan fingerprint density at radius 3 is 3.06 bits per heavy atom. The van der Waals surface area contributed by atoms with E-state index in [1.165, 1.54) is 17.5 Å². The van der Waals surface area contributed by atoms with Gasteiger partial charge < -0.3 is 9.84 Å². The van der Waals surface area contributed by atoms with Crippen LogP contribution < -0.4 is 0 Å². The van der Waals surface area contributed by atoms with Gasteiger partial charge in [-0.05, 0) is 19.9 Å². The second kappa shape index (κ2) is 4.09. The molecule has 2 rings (SSSR count). The molecule has 0 aromatic carbocycles. The van der Waals surface area contributed by atoms with Gasteiger partial charge in [0.25, 0.3) is 0 Å². The Labute approximate surface area is 96.5 Å². The number of carbonyl (C=O) groups is 1. The highest BCUT2D eigenvalue weighted by atomic mass is 32.1. The predicted molar refractivity (Wildman–Crippen MR) is 62.0 cm³/mol. The summed E-state index contributed by atoms with van der Waals surface area (Å²) in [5.74, 6) is -0.592. The van der Waals surface area contributed by atoms with Gasteiger partial charge in [0.15, 0.2) is 0 Å². The lowest BCUT2D eigenvalue weighted by atomic mass is 10.2. The number of ether oxygens (including phenoxy) is 1. The molecular weight excluding hydrogens is 226 g/mol. The van der Waals surface area contributed by atoms with Crippen molar-refractivity contribution in [1.29, 1.82) is 0 Å². The Balaban J connectivity index is 2.55. The first-order chi connectivity index (χ1) is 7.63. The standard InChI is InChI=1S/C11H11NO3S/c1-3-15-11(14)8-5-12-10-7(9(8)13)4-6(2)16-10/h4-5H,3H2,1-2H3,(H,12,13). The van der Waals surface area contributed by atoms with Crippen LogP contribution in [-0.2, 0) is 4.74 Å². The van der Waals surface area contributed by atoms with Crippen LogP contribution in [0.3, 0.4) is 0 Å². The maximum absolute atomic E-state index is 11.5. The molecule has 0 spiro atoms. The molecule has 0 unspecified atom stereocenters. The van der Waals surface area contributed by atoms with Crippen molar-refractivity contribution < 1.29 is 14.6 Å². The predicted octanol–water partition coefficient (Wildman–Crippen LogP) is 2.49. The number of aromatic nitrogens is 1. The zero-order chi connectivity index (χ0) is 11.7. The minimum atomic E-state index is -0.543. The van der Waals surface area contributed by atoms with E-state index in [1.807, 2.05) is 13.0 Å². The number of fused-ring (bicyclic) bond motifs is 1. The zero-order valence-electron chi connectivity index (χ0n) is 8.98. The van der Waals surface area contributed by atoms with E-state index in [4.69, 9.17) is 4.74 Å². The molecule has 1 N–H and O–H groups in total. The highest BCUT2D eigenvalue weighted by Crippen LogP contribution is 2.32. The molecule has 4 nitrogen and oxygen atoms in total. The maximum atomic E-state index is 11.5. The van der Waals surface area contributed by atoms with Crippen LogP contribution in [0.2, 0.25) is 0 Å². The molecular formula is C11H11NO3S. The summed E-state index contributed by atoms with van der Waals surface area (Å²) in [6.45, 7) is 3.92. The van der Waals surface area contributed by atoms with Crippen molar-refractivity contribution in [1.82, 2.24) is 4.98 Å². The SMILES string of the molecule is CCOC(=O)c1cnc2sc(C)cc2c1O. The van der Waals surface area contributed by atoms with Crippen molar-refractivity contribution in [2.24, 2.45) is 0 Å². The Kier molecular flexibility index (Phi) is 2.78. The molecule has 0 fully saturated rings. The Morgan fingerprint density at radius 1 is 1.62 bits per heavy atom. The summed E-state index contributed by atoms with van der Waals surface area (Å²) in [4.78, 5) is 17.4. The summed E-state index contributed by atoms with van der Waals surface area (Å²) in [5, 5.41) is 10.5. The normalized spacial score (nSPS) is 10.6. The van der Waals surface area contributed by atoms with Gasteiger partial charge in [-0.25, -0.2) is 9.78 Å². The molecule has 0 saturated carbocycles. The maximum Gasteiger partial charge on any atom is 0.343 e. The first-order valence-corrected chi connectivity index (χ1v) is 5.70. The Morgan fingerprint density at radius 2 is 2.38 bits per heavy atom. The third-order valence-electron chi connectivity index (χ3n) is 2.15. The van der Waals surface area contributed by atoms with Gasteiger partial charge in [-0.2, -0.15) is 0 Å². The van der Waals surface area contributed by atoms with Gasteiger partial charge in [0.2, 0.25) is 0 Å². The Bertz CT molecular complexity index is 547. The molecule has 0 aliphatic rings. The van der Waals surface area contributed by atoms with Crippen molar-refractivity contribution in [3.05, 3.63) is 22.7 Å². The molecule has 2 heterocycles. The van der Waals surface area contributed by atoms with Crippen molar-refractivity contribution >= 4 is 27.5 Å². The highest BCUT2D eigenvalue weighted by Gasteiger charge is 2.16. The van der Waals surface area contributed by atoms with Crippen LogP contribution in [0.1, 0.15) is 22.2 Å². The summed E-state index contributed by atoms with van der Waals surface area (Å²) in [5.41, 5.74) is 0.118. The average molecular weight is 237 g/mol. The van der Waals surface area contributed by atoms with E-state index < -0.39 is 5.97 Å². The fourth-order valence-electron chi connectivity index (χ4n) is 1.46. The highest BCUT2D eigenvalue weighted by molar-refractivity contribution is 7.18. The fourth-order valence-corrected chi connectivity index (χ4v) is 2.31. The van der Waals surface area contributed by atoms with Crippen LogP contribution in [0.4, 0.5) is 0 Å². The van der Waals surface area contributed by atoms with Gasteiger partial charge in [-0.15, -0.1) is 11.3 Å². The number of pyridine rings is 1. The molecule has 5 heteroatoms. The molecule has 0 radical (unpaired) electrons. The zero-order valence-corrected chi connectivity index (χ0v) is 9.80. The molecule has 0 bridgehead atoms. The summed E-state index contributed by atoms with van der Waals surface area (Å²) in [7, 11) is 0. The van der Waals surface area contributed by atoms with Gasteiger partial charge in [0, 0.05) is 11.1 Å². The quantitative estimate of drug-likeness (QED) is 0.815. The van der Waals surface area contributed by atoms with E-state index >= 15 is 0 Å². The summed E-state index contributed by atoms with van der Waals surface area (Å²) < 4.78 is 4.83. The van der Waals surface area contributed by atoms with Crippen LogP contribution in [0.25, 0.3) is 10.2 Å². The number of carbonyl (C=O) groups excluding carboxylic acids is 1. The number of aryl methyl sites for hydroxylation is 1. The topological polar surface area (TPSA) is 59.4 Å². The number of hydrogen-bond donors (Lipinski definition) is 1. The number of hydrogen-bond acceptors (Lipinski definition) is 5.